The molecule has 0 fully saturated rings. The first-order valence-corrected chi connectivity index (χ1v) is 25.0. The van der Waals surface area contributed by atoms with E-state index in [-0.39, 0.29) is 96.5 Å². The fraction of sp³-hybridized carbons (Fsp3) is 0.468. The van der Waals surface area contributed by atoms with Gasteiger partial charge in [-0.3, -0.25) is 4.98 Å². The van der Waals surface area contributed by atoms with Gasteiger partial charge in [-0.1, -0.05) is 290 Å². The molecule has 0 atom stereocenters. The number of thiophene rings is 1. The van der Waals surface area contributed by atoms with Gasteiger partial charge in [0.2, 0.25) is 0 Å². The van der Waals surface area contributed by atoms with Crippen molar-refractivity contribution in [3.63, 3.8) is 0 Å². The molecule has 0 aliphatic heterocycles. The average molecular weight is 1590 g/mol. The van der Waals surface area contributed by atoms with E-state index in [1.165, 1.54) is 16.3 Å². The molecule has 0 N–H and O–H groups in total. The van der Waals surface area contributed by atoms with Gasteiger partial charge in [-0.15, -0.1) is 0 Å². The van der Waals surface area contributed by atoms with Crippen molar-refractivity contribution in [2.75, 3.05) is 0 Å². The standard InChI is InChI=1S/C10H8.C7H8.C6H7N.C4H4O.C4H4S.13C2H6.CH4.4CH3.Re.Rf.Rh.Ru/c1-2-6-10-8-4-3-7-9(10)5-1;1-7-5-3-2-4-6-7;1-6-4-2-3-5-7-6;2*1-2-4-5-3-1;13*1-2;;;;;;;;;/h1-8H;2-6H,1H3;2-5H,1H3;2*1-4H;13*1-2H3;1H4;4*1H3;;;;/q;;;;;;;;;;;;;;;;;;;4*-1;;;;+1. The smallest absolute Gasteiger partial charge is 0.473 e. The predicted octanol–water partition coefficient (Wildman–Crippen LogP) is 25.0. The van der Waals surface area contributed by atoms with E-state index < -0.39 is 0 Å². The van der Waals surface area contributed by atoms with Crippen LogP contribution in [-0.2, 0) is 59.4 Å². The summed E-state index contributed by atoms with van der Waals surface area (Å²) in [5, 5.41) is 6.70. The van der Waals surface area contributed by atoms with Crippen LogP contribution < -0.4 is 0 Å². The van der Waals surface area contributed by atoms with Crippen molar-refractivity contribution in [3.05, 3.63) is 192 Å². The van der Waals surface area contributed by atoms with E-state index in [4.69, 9.17) is 0 Å². The molecule has 3 aromatic carbocycles. The zero-order valence-corrected chi connectivity index (χ0v) is 64.8. The fourth-order valence-electron chi connectivity index (χ4n) is 2.57. The van der Waals surface area contributed by atoms with E-state index in [2.05, 4.69) is 77.0 Å². The molecule has 0 aliphatic carbocycles. The Morgan fingerprint density at radius 3 is 0.739 bits per heavy atom. The molecule has 3 radical (unpaired) electrons. The fourth-order valence-corrected chi connectivity index (χ4v) is 3.02. The average Bonchev–Trinajstić information content (AvgIpc) is 4.20. The first-order valence-electron chi connectivity index (χ1n) is 24.0. The summed E-state index contributed by atoms with van der Waals surface area (Å²) in [6.07, 6.45) is 5.04. The van der Waals surface area contributed by atoms with Crippen molar-refractivity contribution < 1.29 is 63.8 Å². The summed E-state index contributed by atoms with van der Waals surface area (Å²) in [6, 6.07) is 40.5. The minimum absolute atomic E-state index is 0. The summed E-state index contributed by atoms with van der Waals surface area (Å²) >= 11 is 1.71. The molecule has 0 spiro atoms. The third kappa shape index (κ3) is 153. The largest absolute Gasteiger partial charge is 1.00 e. The van der Waals surface area contributed by atoms with E-state index in [0.717, 1.165) is 5.69 Å². The summed E-state index contributed by atoms with van der Waals surface area (Å²) < 4.78 is 4.58. The Hall–Kier alpha value is -3.04. The van der Waals surface area contributed by atoms with Crippen LogP contribution in [0, 0.1) is 43.6 Å². The van der Waals surface area contributed by atoms with Gasteiger partial charge in [0.05, 0.1) is 12.5 Å². The topological polar surface area (TPSA) is 26.0 Å². The van der Waals surface area contributed by atoms with Crippen molar-refractivity contribution in [1.82, 2.24) is 4.98 Å². The summed E-state index contributed by atoms with van der Waals surface area (Å²) in [6.45, 7) is 56.1. The number of aryl methyl sites for hydroxylation is 2. The summed E-state index contributed by atoms with van der Waals surface area (Å²) in [5.41, 5.74) is 2.39. The van der Waals surface area contributed by atoms with E-state index >= 15 is 0 Å². The Morgan fingerprint density at radius 1 is 0.362 bits per heavy atom. The second-order valence-electron chi connectivity index (χ2n) is 7.06. The number of fused-ring (bicyclic) bond motifs is 1. The van der Waals surface area contributed by atoms with Gasteiger partial charge in [0.25, 0.3) is 0 Å². The monoisotopic (exact) mass is 1590 g/mol. The maximum absolute atomic E-state index is 4.58. The second kappa shape index (κ2) is 195. The third-order valence-corrected chi connectivity index (χ3v) is 4.89. The van der Waals surface area contributed by atoms with Crippen LogP contribution in [0.4, 0.5) is 0 Å². The van der Waals surface area contributed by atoms with Crippen LogP contribution >= 0.6 is 11.3 Å². The predicted molar refractivity (Wildman–Crippen MR) is 327 cm³/mol. The maximum Gasteiger partial charge on any atom is 1.00 e. The summed E-state index contributed by atoms with van der Waals surface area (Å²) in [4.78, 5) is 3.98. The van der Waals surface area contributed by atoms with Gasteiger partial charge in [0.1, 0.15) is 0 Å². The van der Waals surface area contributed by atoms with E-state index in [0.29, 0.717) is 0 Å². The zero-order valence-electron chi connectivity index (χ0n) is 51.5. The Labute approximate surface area is 480 Å². The molecule has 0 bridgehead atoms. The molecule has 0 unspecified atom stereocenters. The maximum atomic E-state index is 4.58. The molecule has 0 aliphatic rings. The molecule has 0 saturated heterocycles. The number of pyridine rings is 1. The van der Waals surface area contributed by atoms with E-state index in [1.807, 2.05) is 258 Å². The van der Waals surface area contributed by atoms with Crippen LogP contribution in [-0.4, -0.2) is 4.98 Å². The SMILES string of the molecule is C.CC.CC.CC.CC.CC.CC.CC.CC.CC.CC.CC.CC.CC.Cc1ccccc1.Cc1ccccn1.[CH3-].[CH3-].[CH3-].[CH3-].[Re].[Rf].[Rh].[Ru+].c1ccc2ccccc2c1.c1ccoc1.c1ccsc1. The van der Waals surface area contributed by atoms with Crippen LogP contribution in [0.1, 0.15) is 199 Å². The van der Waals surface area contributed by atoms with Crippen molar-refractivity contribution in [1.29, 1.82) is 0 Å². The second-order valence-corrected chi connectivity index (χ2v) is 7.88. The van der Waals surface area contributed by atoms with Gasteiger partial charge in [-0.25, -0.2) is 0 Å². The Bertz CT molecular complexity index is 1070. The molecule has 69 heavy (non-hydrogen) atoms. The van der Waals surface area contributed by atoms with Crippen molar-refractivity contribution in [3.8, 4) is 0 Å². The van der Waals surface area contributed by atoms with Crippen LogP contribution in [0.5, 0.6) is 0 Å². The molecular formula is C62H125NOReRfRhRuS-3. The molecule has 0 amide bonds. The Balaban J connectivity index is -0.0000000193. The summed E-state index contributed by atoms with van der Waals surface area (Å²) in [7, 11) is 0. The minimum atomic E-state index is 0. The Kier molecular flexibility index (Phi) is 388. The zero-order chi connectivity index (χ0) is 50.1. The molecule has 6 rings (SSSR count). The number of rotatable bonds is 0. The number of benzene rings is 3. The third-order valence-electron chi connectivity index (χ3n) is 4.26. The minimum Gasteiger partial charge on any atom is -0.473 e. The van der Waals surface area contributed by atoms with Gasteiger partial charge in [-0.2, -0.15) is 11.3 Å². The summed E-state index contributed by atoms with van der Waals surface area (Å²) in [5.74, 6) is 0. The molecule has 0 saturated carbocycles. The van der Waals surface area contributed by atoms with Crippen LogP contribution in [0.25, 0.3) is 10.8 Å². The van der Waals surface area contributed by atoms with Crippen LogP contribution in [0.3, 0.4) is 0 Å². The molecule has 7 heteroatoms. The first-order chi connectivity index (χ1) is 29.8. The van der Waals surface area contributed by atoms with Crippen molar-refractivity contribution in [2.24, 2.45) is 0 Å². The number of nitrogens with zero attached hydrogens (tertiary/aromatic N) is 1. The number of aromatic nitrogens is 1. The van der Waals surface area contributed by atoms with Gasteiger partial charge in [0, 0.05) is 51.8 Å². The molecule has 419 valence electrons. The van der Waals surface area contributed by atoms with E-state index in [9.17, 15) is 0 Å². The molecule has 2 nitrogen and oxygen atoms in total. The molecule has 3 heterocycles. The van der Waals surface area contributed by atoms with Crippen LogP contribution in [0.15, 0.2) is 155 Å². The molecule has 6 aromatic rings. The number of furan rings is 1. The number of hydrogen-bond acceptors (Lipinski definition) is 3. The normalized spacial score (nSPS) is 5.51. The molecule has 3 aromatic heterocycles. The van der Waals surface area contributed by atoms with Crippen molar-refractivity contribution in [2.45, 2.75) is 201 Å². The van der Waals surface area contributed by atoms with Gasteiger partial charge in [0.15, 0.2) is 0 Å². The molecular weight excluding hydrogens is 1460 g/mol. The van der Waals surface area contributed by atoms with E-state index in [1.54, 1.807) is 30.1 Å². The van der Waals surface area contributed by atoms with Crippen LogP contribution in [0.2, 0.25) is 0 Å². The van der Waals surface area contributed by atoms with Gasteiger partial charge >= 0.3 is 19.5 Å². The van der Waals surface area contributed by atoms with Gasteiger partial charge < -0.3 is 34.1 Å². The van der Waals surface area contributed by atoms with Gasteiger partial charge in [-0.05, 0) is 59.6 Å². The number of hydrogen-bond donors (Lipinski definition) is 0. The Morgan fingerprint density at radius 2 is 0.609 bits per heavy atom. The van der Waals surface area contributed by atoms with Crippen molar-refractivity contribution >= 4 is 22.1 Å². The first kappa shape index (κ1) is 138. The quantitative estimate of drug-likeness (QED) is 0.112.